The fraction of sp³-hybridized carbons (Fsp3) is 0.429. The van der Waals surface area contributed by atoms with Gasteiger partial charge in [0.1, 0.15) is 0 Å². The maximum absolute atomic E-state index is 12.2. The van der Waals surface area contributed by atoms with Crippen LogP contribution in [0.5, 0.6) is 0 Å². The Kier molecular flexibility index (Phi) is 3.57. The molecule has 1 atom stereocenters. The first kappa shape index (κ1) is 13.5. The van der Waals surface area contributed by atoms with Crippen molar-refractivity contribution in [1.82, 2.24) is 5.32 Å². The number of nitrogens with one attached hydrogen (secondary N) is 2. The highest BCUT2D eigenvalue weighted by Gasteiger charge is 2.36. The molecular weight excluding hydrogens is 244 g/mol. The van der Waals surface area contributed by atoms with E-state index in [0.29, 0.717) is 5.69 Å². The SMILES string of the molecule is Cc1ccc(C(=O)O)cc1NC(=O)C1(C)CCCN1. The number of anilines is 1. The molecule has 0 aliphatic carbocycles. The van der Waals surface area contributed by atoms with Gasteiger partial charge in [-0.05, 0) is 50.9 Å². The number of carboxylic acids is 1. The number of carbonyl (C=O) groups excluding carboxylic acids is 1. The first-order valence-corrected chi connectivity index (χ1v) is 6.33. The van der Waals surface area contributed by atoms with Crippen molar-refractivity contribution in [2.75, 3.05) is 11.9 Å². The second-order valence-electron chi connectivity index (χ2n) is 5.15. The largest absolute Gasteiger partial charge is 0.478 e. The molecule has 1 unspecified atom stereocenters. The Labute approximate surface area is 112 Å². The van der Waals surface area contributed by atoms with Crippen molar-refractivity contribution in [3.63, 3.8) is 0 Å². The molecule has 1 aromatic carbocycles. The number of aryl methyl sites for hydroxylation is 1. The Bertz CT molecular complexity index is 519. The zero-order valence-electron chi connectivity index (χ0n) is 11.1. The van der Waals surface area contributed by atoms with Gasteiger partial charge in [0, 0.05) is 5.69 Å². The van der Waals surface area contributed by atoms with Crippen LogP contribution in [0.2, 0.25) is 0 Å². The number of carbonyl (C=O) groups is 2. The highest BCUT2D eigenvalue weighted by molar-refractivity contribution is 5.99. The first-order valence-electron chi connectivity index (χ1n) is 6.33. The lowest BCUT2D eigenvalue weighted by molar-refractivity contribution is -0.121. The molecule has 0 aromatic heterocycles. The Hall–Kier alpha value is -1.88. The summed E-state index contributed by atoms with van der Waals surface area (Å²) in [5.74, 6) is -1.11. The summed E-state index contributed by atoms with van der Waals surface area (Å²) < 4.78 is 0. The van der Waals surface area contributed by atoms with Crippen LogP contribution >= 0.6 is 0 Å². The van der Waals surface area contributed by atoms with Crippen molar-refractivity contribution < 1.29 is 14.7 Å². The fourth-order valence-corrected chi connectivity index (χ4v) is 2.24. The van der Waals surface area contributed by atoms with Gasteiger partial charge >= 0.3 is 5.97 Å². The van der Waals surface area contributed by atoms with E-state index in [9.17, 15) is 9.59 Å². The van der Waals surface area contributed by atoms with Crippen molar-refractivity contribution in [2.24, 2.45) is 0 Å². The Balaban J connectivity index is 2.20. The molecule has 1 fully saturated rings. The third-order valence-electron chi connectivity index (χ3n) is 3.60. The van der Waals surface area contributed by atoms with Gasteiger partial charge in [-0.3, -0.25) is 4.79 Å². The molecule has 0 bridgehead atoms. The molecule has 1 saturated heterocycles. The van der Waals surface area contributed by atoms with Crippen LogP contribution in [0.3, 0.4) is 0 Å². The molecule has 1 aliphatic heterocycles. The van der Waals surface area contributed by atoms with E-state index in [1.807, 2.05) is 13.8 Å². The number of aromatic carboxylic acids is 1. The van der Waals surface area contributed by atoms with Gasteiger partial charge in [-0.25, -0.2) is 4.79 Å². The number of carboxylic acid groups (broad SMARTS) is 1. The van der Waals surface area contributed by atoms with Crippen molar-refractivity contribution in [1.29, 1.82) is 0 Å². The smallest absolute Gasteiger partial charge is 0.335 e. The minimum absolute atomic E-state index is 0.115. The molecule has 0 spiro atoms. The van der Waals surface area contributed by atoms with E-state index in [1.165, 1.54) is 12.1 Å². The molecule has 19 heavy (non-hydrogen) atoms. The number of hydrogen-bond acceptors (Lipinski definition) is 3. The lowest BCUT2D eigenvalue weighted by Gasteiger charge is -2.23. The van der Waals surface area contributed by atoms with Gasteiger partial charge in [0.25, 0.3) is 0 Å². The average molecular weight is 262 g/mol. The summed E-state index contributed by atoms with van der Waals surface area (Å²) in [4.78, 5) is 23.2. The second kappa shape index (κ2) is 5.01. The van der Waals surface area contributed by atoms with Gasteiger partial charge in [-0.1, -0.05) is 6.07 Å². The molecular formula is C14H18N2O3. The van der Waals surface area contributed by atoms with E-state index in [1.54, 1.807) is 6.07 Å². The predicted molar refractivity (Wildman–Crippen MR) is 72.4 cm³/mol. The predicted octanol–water partition coefficient (Wildman–Crippen LogP) is 1.77. The molecule has 1 amide bonds. The summed E-state index contributed by atoms with van der Waals surface area (Å²) in [6.45, 7) is 4.54. The van der Waals surface area contributed by atoms with E-state index >= 15 is 0 Å². The highest BCUT2D eigenvalue weighted by Crippen LogP contribution is 2.23. The Morgan fingerprint density at radius 1 is 1.42 bits per heavy atom. The van der Waals surface area contributed by atoms with Gasteiger partial charge in [0.15, 0.2) is 0 Å². The van der Waals surface area contributed by atoms with Crippen LogP contribution < -0.4 is 10.6 Å². The lowest BCUT2D eigenvalue weighted by atomic mass is 9.99. The Morgan fingerprint density at radius 2 is 2.16 bits per heavy atom. The summed E-state index contributed by atoms with van der Waals surface area (Å²) in [6, 6.07) is 4.72. The average Bonchev–Trinajstić information content (AvgIpc) is 2.80. The standard InChI is InChI=1S/C14H18N2O3/c1-9-4-5-10(12(17)18)8-11(9)16-13(19)14(2)6-3-7-15-14/h4-5,8,15H,3,6-7H2,1-2H3,(H,16,19)(H,17,18). The fourth-order valence-electron chi connectivity index (χ4n) is 2.24. The number of hydrogen-bond donors (Lipinski definition) is 3. The van der Waals surface area contributed by atoms with Crippen LogP contribution in [0, 0.1) is 6.92 Å². The second-order valence-corrected chi connectivity index (χ2v) is 5.15. The molecule has 1 aliphatic rings. The van der Waals surface area contributed by atoms with E-state index < -0.39 is 11.5 Å². The maximum atomic E-state index is 12.2. The summed E-state index contributed by atoms with van der Waals surface area (Å²) in [5, 5.41) is 15.0. The summed E-state index contributed by atoms with van der Waals surface area (Å²) in [5.41, 5.74) is 1.01. The van der Waals surface area contributed by atoms with Crippen LogP contribution in [-0.4, -0.2) is 29.1 Å². The quantitative estimate of drug-likeness (QED) is 0.775. The minimum atomic E-state index is -0.999. The molecule has 1 aromatic rings. The van der Waals surface area contributed by atoms with E-state index in [4.69, 9.17) is 5.11 Å². The van der Waals surface area contributed by atoms with Gasteiger partial charge in [0.05, 0.1) is 11.1 Å². The molecule has 0 saturated carbocycles. The maximum Gasteiger partial charge on any atom is 0.335 e. The number of benzene rings is 1. The molecule has 1 heterocycles. The number of amides is 1. The van der Waals surface area contributed by atoms with Gasteiger partial charge in [-0.15, -0.1) is 0 Å². The third-order valence-corrected chi connectivity index (χ3v) is 3.60. The van der Waals surface area contributed by atoms with Crippen LogP contribution in [0.15, 0.2) is 18.2 Å². The van der Waals surface area contributed by atoms with Crippen molar-refractivity contribution in [3.05, 3.63) is 29.3 Å². The van der Waals surface area contributed by atoms with Crippen LogP contribution in [0.4, 0.5) is 5.69 Å². The highest BCUT2D eigenvalue weighted by atomic mass is 16.4. The summed E-state index contributed by atoms with van der Waals surface area (Å²) >= 11 is 0. The third kappa shape index (κ3) is 2.76. The molecule has 0 radical (unpaired) electrons. The molecule has 5 nitrogen and oxygen atoms in total. The van der Waals surface area contributed by atoms with Gasteiger partial charge < -0.3 is 15.7 Å². The minimum Gasteiger partial charge on any atom is -0.478 e. The van der Waals surface area contributed by atoms with Gasteiger partial charge in [-0.2, -0.15) is 0 Å². The molecule has 5 heteroatoms. The summed E-state index contributed by atoms with van der Waals surface area (Å²) in [6.07, 6.45) is 1.76. The van der Waals surface area contributed by atoms with Crippen LogP contribution in [-0.2, 0) is 4.79 Å². The zero-order valence-corrected chi connectivity index (χ0v) is 11.1. The van der Waals surface area contributed by atoms with E-state index in [-0.39, 0.29) is 11.5 Å². The monoisotopic (exact) mass is 262 g/mol. The lowest BCUT2D eigenvalue weighted by Crippen LogP contribution is -2.48. The topological polar surface area (TPSA) is 78.4 Å². The van der Waals surface area contributed by atoms with E-state index in [0.717, 1.165) is 24.9 Å². The molecule has 3 N–H and O–H groups in total. The van der Waals surface area contributed by atoms with E-state index in [2.05, 4.69) is 10.6 Å². The Morgan fingerprint density at radius 3 is 2.74 bits per heavy atom. The molecule has 2 rings (SSSR count). The molecule has 102 valence electrons. The summed E-state index contributed by atoms with van der Waals surface area (Å²) in [7, 11) is 0. The van der Waals surface area contributed by atoms with Gasteiger partial charge in [0.2, 0.25) is 5.91 Å². The van der Waals surface area contributed by atoms with Crippen molar-refractivity contribution >= 4 is 17.6 Å². The van der Waals surface area contributed by atoms with Crippen LogP contribution in [0.1, 0.15) is 35.7 Å². The zero-order chi connectivity index (χ0) is 14.0. The normalized spacial score (nSPS) is 22.2. The number of rotatable bonds is 3. The van der Waals surface area contributed by atoms with Crippen molar-refractivity contribution in [3.8, 4) is 0 Å². The van der Waals surface area contributed by atoms with Crippen LogP contribution in [0.25, 0.3) is 0 Å². The first-order chi connectivity index (χ1) is 8.92. The van der Waals surface area contributed by atoms with Crippen molar-refractivity contribution in [2.45, 2.75) is 32.2 Å².